The SMILES string of the molecule is CC(=O)C(C)(C)Cc1c(C(=O)CC(C)(C)C)c2cc(O)ccc2n1Cc1ccc(Cl)cc1. The third kappa shape index (κ3) is 5.24. The minimum absolute atomic E-state index is 0.0253. The van der Waals surface area contributed by atoms with E-state index in [-0.39, 0.29) is 22.7 Å². The lowest BCUT2D eigenvalue weighted by atomic mass is 9.81. The number of hydrogen-bond donors (Lipinski definition) is 1. The zero-order chi connectivity index (χ0) is 23.8. The molecular formula is C27H32ClNO3. The summed E-state index contributed by atoms with van der Waals surface area (Å²) in [5.41, 5.74) is 2.51. The number of nitrogens with zero attached hydrogens (tertiary/aromatic N) is 1. The van der Waals surface area contributed by atoms with Crippen LogP contribution < -0.4 is 0 Å². The summed E-state index contributed by atoms with van der Waals surface area (Å²) in [6, 6.07) is 12.8. The van der Waals surface area contributed by atoms with Gasteiger partial charge in [-0.15, -0.1) is 0 Å². The lowest BCUT2D eigenvalue weighted by molar-refractivity contribution is -0.124. The molecule has 0 saturated carbocycles. The van der Waals surface area contributed by atoms with Gasteiger partial charge in [-0.1, -0.05) is 58.4 Å². The Morgan fingerprint density at radius 3 is 2.19 bits per heavy atom. The van der Waals surface area contributed by atoms with Crippen molar-refractivity contribution in [2.45, 2.75) is 60.9 Å². The second kappa shape index (κ2) is 8.74. The molecule has 0 atom stereocenters. The Kier molecular flexibility index (Phi) is 6.57. The molecule has 0 fully saturated rings. The van der Waals surface area contributed by atoms with Gasteiger partial charge in [-0.05, 0) is 48.2 Å². The summed E-state index contributed by atoms with van der Waals surface area (Å²) < 4.78 is 2.11. The molecule has 0 aliphatic rings. The van der Waals surface area contributed by atoms with Crippen LogP contribution >= 0.6 is 11.6 Å². The highest BCUT2D eigenvalue weighted by Crippen LogP contribution is 2.36. The summed E-state index contributed by atoms with van der Waals surface area (Å²) in [4.78, 5) is 26.0. The zero-order valence-electron chi connectivity index (χ0n) is 19.8. The van der Waals surface area contributed by atoms with Crippen molar-refractivity contribution >= 4 is 34.1 Å². The number of phenolic OH excluding ortho intramolecular Hbond substituents is 1. The third-order valence-electron chi connectivity index (χ3n) is 5.94. The smallest absolute Gasteiger partial charge is 0.165 e. The van der Waals surface area contributed by atoms with E-state index in [4.69, 9.17) is 11.6 Å². The molecule has 1 heterocycles. The van der Waals surface area contributed by atoms with Crippen molar-refractivity contribution in [1.82, 2.24) is 4.57 Å². The minimum atomic E-state index is -0.634. The highest BCUT2D eigenvalue weighted by atomic mass is 35.5. The van der Waals surface area contributed by atoms with Gasteiger partial charge in [-0.25, -0.2) is 0 Å². The molecule has 5 heteroatoms. The summed E-state index contributed by atoms with van der Waals surface area (Å²) >= 11 is 6.07. The second-order valence-electron chi connectivity index (χ2n) is 10.5. The van der Waals surface area contributed by atoms with E-state index in [0.717, 1.165) is 22.2 Å². The Balaban J connectivity index is 2.29. The first kappa shape index (κ1) is 24.1. The van der Waals surface area contributed by atoms with Gasteiger partial charge < -0.3 is 9.67 Å². The Labute approximate surface area is 195 Å². The largest absolute Gasteiger partial charge is 0.508 e. The average molecular weight is 454 g/mol. The molecular weight excluding hydrogens is 422 g/mol. The Hall–Kier alpha value is -2.59. The van der Waals surface area contributed by atoms with Crippen LogP contribution in [0.1, 0.15) is 69.6 Å². The summed E-state index contributed by atoms with van der Waals surface area (Å²) in [7, 11) is 0. The van der Waals surface area contributed by atoms with Crippen LogP contribution in [0.4, 0.5) is 0 Å². The van der Waals surface area contributed by atoms with Crippen LogP contribution in [0.2, 0.25) is 5.02 Å². The van der Waals surface area contributed by atoms with E-state index in [2.05, 4.69) is 4.57 Å². The lowest BCUT2D eigenvalue weighted by Gasteiger charge is -2.24. The number of ketones is 2. The molecule has 0 aliphatic heterocycles. The van der Waals surface area contributed by atoms with Gasteiger partial charge in [-0.2, -0.15) is 0 Å². The number of carbonyl (C=O) groups excluding carboxylic acids is 2. The molecule has 1 N–H and O–H groups in total. The van der Waals surface area contributed by atoms with Crippen LogP contribution in [0.3, 0.4) is 0 Å². The quantitative estimate of drug-likeness (QED) is 0.399. The predicted molar refractivity (Wildman–Crippen MR) is 131 cm³/mol. The van der Waals surface area contributed by atoms with Gasteiger partial charge in [0.15, 0.2) is 5.78 Å². The van der Waals surface area contributed by atoms with Gasteiger partial charge in [0.2, 0.25) is 0 Å². The van der Waals surface area contributed by atoms with Gasteiger partial charge in [-0.3, -0.25) is 9.59 Å². The number of fused-ring (bicyclic) bond motifs is 1. The predicted octanol–water partition coefficient (Wildman–Crippen LogP) is 6.83. The number of rotatable bonds is 7. The fourth-order valence-corrected chi connectivity index (χ4v) is 4.08. The minimum Gasteiger partial charge on any atom is -0.508 e. The maximum atomic E-state index is 13.6. The van der Waals surface area contributed by atoms with Crippen LogP contribution in [0.5, 0.6) is 5.75 Å². The molecule has 0 amide bonds. The first-order valence-electron chi connectivity index (χ1n) is 10.9. The summed E-state index contributed by atoms with van der Waals surface area (Å²) in [6.45, 7) is 12.1. The van der Waals surface area contributed by atoms with E-state index in [1.54, 1.807) is 19.1 Å². The van der Waals surface area contributed by atoms with Crippen molar-refractivity contribution in [1.29, 1.82) is 0 Å². The lowest BCUT2D eigenvalue weighted by Crippen LogP contribution is -2.27. The molecule has 170 valence electrons. The summed E-state index contributed by atoms with van der Waals surface area (Å²) in [6.07, 6.45) is 0.798. The monoisotopic (exact) mass is 453 g/mol. The van der Waals surface area contributed by atoms with E-state index >= 15 is 0 Å². The van der Waals surface area contributed by atoms with Crippen LogP contribution in [0.25, 0.3) is 10.9 Å². The molecule has 3 rings (SSSR count). The molecule has 4 nitrogen and oxygen atoms in total. The van der Waals surface area contributed by atoms with Gasteiger partial charge in [0, 0.05) is 52.0 Å². The van der Waals surface area contributed by atoms with E-state index in [1.165, 1.54) is 0 Å². The number of benzene rings is 2. The van der Waals surface area contributed by atoms with Gasteiger partial charge in [0.05, 0.1) is 0 Å². The number of aromatic nitrogens is 1. The topological polar surface area (TPSA) is 59.3 Å². The first-order chi connectivity index (χ1) is 14.8. The van der Waals surface area contributed by atoms with Gasteiger partial charge in [0.25, 0.3) is 0 Å². The highest BCUT2D eigenvalue weighted by Gasteiger charge is 2.32. The molecule has 32 heavy (non-hydrogen) atoms. The number of hydrogen-bond acceptors (Lipinski definition) is 3. The molecule has 2 aromatic carbocycles. The number of carbonyl (C=O) groups is 2. The molecule has 0 saturated heterocycles. The Bertz CT molecular complexity index is 1160. The Morgan fingerprint density at radius 2 is 1.62 bits per heavy atom. The highest BCUT2D eigenvalue weighted by molar-refractivity contribution is 6.30. The second-order valence-corrected chi connectivity index (χ2v) is 10.9. The molecule has 0 bridgehead atoms. The van der Waals surface area contributed by atoms with E-state index in [9.17, 15) is 14.7 Å². The van der Waals surface area contributed by atoms with Gasteiger partial charge >= 0.3 is 0 Å². The standard InChI is InChI=1S/C27H32ClNO3/c1-17(30)27(5,6)14-23-25(24(32)15-26(2,3)4)21-13-20(31)11-12-22(21)29(23)16-18-7-9-19(28)10-8-18/h7-13,31H,14-16H2,1-6H3. The number of phenols is 1. The van der Waals surface area contributed by atoms with Crippen molar-refractivity contribution in [3.05, 3.63) is 64.3 Å². The normalized spacial score (nSPS) is 12.3. The van der Waals surface area contributed by atoms with Crippen LogP contribution in [-0.2, 0) is 17.8 Å². The zero-order valence-corrected chi connectivity index (χ0v) is 20.5. The number of aromatic hydroxyl groups is 1. The molecule has 0 aliphatic carbocycles. The van der Waals surface area contributed by atoms with E-state index < -0.39 is 5.41 Å². The van der Waals surface area contributed by atoms with Crippen LogP contribution in [0.15, 0.2) is 42.5 Å². The van der Waals surface area contributed by atoms with Crippen molar-refractivity contribution < 1.29 is 14.7 Å². The van der Waals surface area contributed by atoms with Crippen molar-refractivity contribution in [3.63, 3.8) is 0 Å². The summed E-state index contributed by atoms with van der Waals surface area (Å²) in [5, 5.41) is 11.6. The molecule has 0 radical (unpaired) electrons. The van der Waals surface area contributed by atoms with Crippen molar-refractivity contribution in [3.8, 4) is 5.75 Å². The number of Topliss-reactive ketones (excluding diaryl/α,β-unsaturated/α-hetero) is 2. The van der Waals surface area contributed by atoms with E-state index in [0.29, 0.717) is 30.0 Å². The summed E-state index contributed by atoms with van der Waals surface area (Å²) in [5.74, 6) is 0.207. The molecule has 0 spiro atoms. The molecule has 1 aromatic heterocycles. The fourth-order valence-electron chi connectivity index (χ4n) is 3.96. The van der Waals surface area contributed by atoms with Crippen LogP contribution in [0, 0.1) is 10.8 Å². The van der Waals surface area contributed by atoms with Crippen molar-refractivity contribution in [2.75, 3.05) is 0 Å². The number of halogens is 1. The Morgan fingerprint density at radius 1 is 1.00 bits per heavy atom. The maximum absolute atomic E-state index is 13.6. The first-order valence-corrected chi connectivity index (χ1v) is 11.3. The average Bonchev–Trinajstić information content (AvgIpc) is 2.94. The van der Waals surface area contributed by atoms with Crippen LogP contribution in [-0.4, -0.2) is 21.2 Å². The maximum Gasteiger partial charge on any atom is 0.165 e. The van der Waals surface area contributed by atoms with Gasteiger partial charge in [0.1, 0.15) is 11.5 Å². The molecule has 0 unspecified atom stereocenters. The molecule has 3 aromatic rings. The fraction of sp³-hybridized carbons (Fsp3) is 0.407. The van der Waals surface area contributed by atoms with E-state index in [1.807, 2.05) is 65.0 Å². The van der Waals surface area contributed by atoms with Crippen molar-refractivity contribution in [2.24, 2.45) is 10.8 Å². The third-order valence-corrected chi connectivity index (χ3v) is 6.19.